The van der Waals surface area contributed by atoms with Crippen molar-refractivity contribution >= 4 is 0 Å². The summed E-state index contributed by atoms with van der Waals surface area (Å²) < 4.78 is 4.58. The zero-order valence-electron chi connectivity index (χ0n) is 10.5. The Kier molecular flexibility index (Phi) is 3.99. The Hall–Kier alpha value is -0.830. The van der Waals surface area contributed by atoms with Crippen molar-refractivity contribution in [2.24, 2.45) is 5.92 Å². The topological polar surface area (TPSA) is 20.8 Å². The van der Waals surface area contributed by atoms with Crippen molar-refractivity contribution < 1.29 is 4.57 Å². The van der Waals surface area contributed by atoms with Gasteiger partial charge in [-0.25, -0.2) is 9.13 Å². The quantitative estimate of drug-likeness (QED) is 0.767. The molecule has 3 nitrogen and oxygen atoms in total. The second kappa shape index (κ2) is 5.48. The van der Waals surface area contributed by atoms with Crippen molar-refractivity contribution in [2.75, 3.05) is 7.05 Å². The monoisotopic (exact) mass is 222 g/mol. The molecule has 0 spiro atoms. The summed E-state index contributed by atoms with van der Waals surface area (Å²) in [6, 6.07) is 0.765. The minimum Gasteiger partial charge on any atom is -0.317 e. The van der Waals surface area contributed by atoms with Crippen molar-refractivity contribution in [3.8, 4) is 0 Å². The second-order valence-electron chi connectivity index (χ2n) is 4.95. The number of hydrogen-bond acceptors (Lipinski definition) is 1. The molecule has 3 heteroatoms. The molecule has 1 aromatic heterocycles. The number of aromatic nitrogens is 2. The summed E-state index contributed by atoms with van der Waals surface area (Å²) in [6.07, 6.45) is 12.0. The molecule has 1 fully saturated rings. The molecule has 16 heavy (non-hydrogen) atoms. The van der Waals surface area contributed by atoms with Crippen LogP contribution in [0.3, 0.4) is 0 Å². The minimum atomic E-state index is 0.765. The number of rotatable bonds is 4. The zero-order chi connectivity index (χ0) is 11.4. The van der Waals surface area contributed by atoms with Gasteiger partial charge < -0.3 is 5.32 Å². The Balaban J connectivity index is 1.82. The smallest absolute Gasteiger partial charge is 0.243 e. The lowest BCUT2D eigenvalue weighted by molar-refractivity contribution is -0.703. The van der Waals surface area contributed by atoms with Crippen LogP contribution in [0.25, 0.3) is 0 Å². The number of nitrogens with one attached hydrogen (secondary N) is 1. The van der Waals surface area contributed by atoms with Crippen LogP contribution in [0.5, 0.6) is 0 Å². The largest absolute Gasteiger partial charge is 0.317 e. The van der Waals surface area contributed by atoms with Crippen LogP contribution in [0.4, 0.5) is 0 Å². The zero-order valence-corrected chi connectivity index (χ0v) is 10.5. The number of imidazole rings is 1. The van der Waals surface area contributed by atoms with Crippen LogP contribution in [0, 0.1) is 5.92 Å². The third kappa shape index (κ3) is 2.85. The lowest BCUT2D eigenvalue weighted by Gasteiger charge is -2.26. The van der Waals surface area contributed by atoms with Crippen molar-refractivity contribution in [1.29, 1.82) is 0 Å². The molecule has 0 atom stereocenters. The van der Waals surface area contributed by atoms with E-state index in [2.05, 4.69) is 47.1 Å². The first-order valence-corrected chi connectivity index (χ1v) is 6.54. The lowest BCUT2D eigenvalue weighted by atomic mass is 9.86. The molecule has 1 heterocycles. The molecule has 0 amide bonds. The van der Waals surface area contributed by atoms with Crippen LogP contribution in [-0.2, 0) is 13.1 Å². The van der Waals surface area contributed by atoms with Gasteiger partial charge in [0.1, 0.15) is 12.4 Å². The summed E-state index contributed by atoms with van der Waals surface area (Å²) in [5.74, 6) is 0.877. The summed E-state index contributed by atoms with van der Waals surface area (Å²) in [5, 5.41) is 3.39. The molecule has 0 saturated heterocycles. The average Bonchev–Trinajstić information content (AvgIpc) is 2.78. The van der Waals surface area contributed by atoms with Gasteiger partial charge in [-0.1, -0.05) is 0 Å². The predicted octanol–water partition coefficient (Wildman–Crippen LogP) is 1.57. The Morgan fingerprint density at radius 3 is 2.62 bits per heavy atom. The molecule has 0 bridgehead atoms. The molecule has 2 rings (SSSR count). The number of nitrogens with zero attached hydrogens (tertiary/aromatic N) is 2. The van der Waals surface area contributed by atoms with Crippen LogP contribution in [0.2, 0.25) is 0 Å². The van der Waals surface area contributed by atoms with Gasteiger partial charge in [-0.15, -0.1) is 0 Å². The van der Waals surface area contributed by atoms with Crippen molar-refractivity contribution in [1.82, 2.24) is 9.88 Å². The van der Waals surface area contributed by atoms with Gasteiger partial charge in [0.25, 0.3) is 0 Å². The molecule has 0 radical (unpaired) electrons. The summed E-state index contributed by atoms with van der Waals surface area (Å²) in [5.41, 5.74) is 0. The highest BCUT2D eigenvalue weighted by Gasteiger charge is 2.21. The van der Waals surface area contributed by atoms with E-state index in [0.717, 1.165) is 18.5 Å². The van der Waals surface area contributed by atoms with E-state index in [9.17, 15) is 0 Å². The minimum absolute atomic E-state index is 0.765. The van der Waals surface area contributed by atoms with E-state index in [1.165, 1.54) is 32.2 Å². The van der Waals surface area contributed by atoms with E-state index < -0.39 is 0 Å². The average molecular weight is 222 g/mol. The van der Waals surface area contributed by atoms with Gasteiger partial charge >= 0.3 is 0 Å². The number of aryl methyl sites for hydroxylation is 1. The van der Waals surface area contributed by atoms with Crippen molar-refractivity contribution in [3.63, 3.8) is 0 Å². The molecule has 1 aliphatic carbocycles. The standard InChI is InChI=1S/C13H24N3/c1-3-15-8-9-16(11-15)10-12-4-6-13(14-2)7-5-12/h8-9,11-14H,3-7,10H2,1-2H3/q+1. The molecule has 0 unspecified atom stereocenters. The molecule has 0 aromatic carbocycles. The van der Waals surface area contributed by atoms with Gasteiger partial charge in [-0.2, -0.15) is 0 Å². The first-order chi connectivity index (χ1) is 7.81. The first-order valence-electron chi connectivity index (χ1n) is 6.54. The fourth-order valence-corrected chi connectivity index (χ4v) is 2.67. The van der Waals surface area contributed by atoms with E-state index in [-0.39, 0.29) is 0 Å². The fourth-order valence-electron chi connectivity index (χ4n) is 2.67. The molecular formula is C13H24N3+. The van der Waals surface area contributed by atoms with Crippen LogP contribution >= 0.6 is 0 Å². The van der Waals surface area contributed by atoms with Crippen LogP contribution < -0.4 is 9.88 Å². The highest BCUT2D eigenvalue weighted by Crippen LogP contribution is 2.24. The highest BCUT2D eigenvalue weighted by molar-refractivity contribution is 4.74. The van der Waals surface area contributed by atoms with E-state index in [0.29, 0.717) is 0 Å². The second-order valence-corrected chi connectivity index (χ2v) is 4.95. The highest BCUT2D eigenvalue weighted by atomic mass is 15.1. The molecule has 1 aliphatic rings. The van der Waals surface area contributed by atoms with E-state index in [1.54, 1.807) is 0 Å². The SMILES string of the molecule is CCn1cc[n+](CC2CCC(NC)CC2)c1. The van der Waals surface area contributed by atoms with E-state index in [4.69, 9.17) is 0 Å². The van der Waals surface area contributed by atoms with Gasteiger partial charge in [0.05, 0.1) is 13.1 Å². The maximum Gasteiger partial charge on any atom is 0.243 e. The van der Waals surface area contributed by atoms with Gasteiger partial charge in [-0.05, 0) is 45.6 Å². The van der Waals surface area contributed by atoms with Crippen LogP contribution in [0.15, 0.2) is 18.7 Å². The van der Waals surface area contributed by atoms with E-state index >= 15 is 0 Å². The molecular weight excluding hydrogens is 198 g/mol. The van der Waals surface area contributed by atoms with Crippen molar-refractivity contribution in [2.45, 2.75) is 51.7 Å². The Bertz CT molecular complexity index is 311. The summed E-state index contributed by atoms with van der Waals surface area (Å²) in [7, 11) is 2.08. The van der Waals surface area contributed by atoms with Gasteiger partial charge in [0, 0.05) is 6.04 Å². The lowest BCUT2D eigenvalue weighted by Crippen LogP contribution is -2.39. The van der Waals surface area contributed by atoms with Crippen LogP contribution in [-0.4, -0.2) is 17.7 Å². The maximum absolute atomic E-state index is 3.39. The molecule has 90 valence electrons. The van der Waals surface area contributed by atoms with Gasteiger partial charge in [0.15, 0.2) is 0 Å². The summed E-state index contributed by atoms with van der Waals surface area (Å²) in [4.78, 5) is 0. The Morgan fingerprint density at radius 2 is 2.06 bits per heavy atom. The molecule has 1 aromatic rings. The number of hydrogen-bond donors (Lipinski definition) is 1. The Morgan fingerprint density at radius 1 is 1.31 bits per heavy atom. The summed E-state index contributed by atoms with van der Waals surface area (Å²) in [6.45, 7) is 4.45. The van der Waals surface area contributed by atoms with Gasteiger partial charge in [-0.3, -0.25) is 0 Å². The Labute approximate surface area is 98.5 Å². The molecule has 1 saturated carbocycles. The molecule has 0 aliphatic heterocycles. The summed E-state index contributed by atoms with van der Waals surface area (Å²) >= 11 is 0. The van der Waals surface area contributed by atoms with Gasteiger partial charge in [0.2, 0.25) is 6.33 Å². The normalized spacial score (nSPS) is 25.9. The van der Waals surface area contributed by atoms with Crippen molar-refractivity contribution in [3.05, 3.63) is 18.7 Å². The maximum atomic E-state index is 3.39. The third-order valence-corrected chi connectivity index (χ3v) is 3.84. The predicted molar refractivity (Wildman–Crippen MR) is 65.1 cm³/mol. The van der Waals surface area contributed by atoms with E-state index in [1.807, 2.05) is 0 Å². The molecule has 1 N–H and O–H groups in total. The fraction of sp³-hybridized carbons (Fsp3) is 0.769. The van der Waals surface area contributed by atoms with Crippen LogP contribution in [0.1, 0.15) is 32.6 Å². The third-order valence-electron chi connectivity index (χ3n) is 3.84. The first kappa shape index (κ1) is 11.6.